The molecule has 0 radical (unpaired) electrons. The van der Waals surface area contributed by atoms with E-state index in [9.17, 15) is 4.79 Å². The fraction of sp³-hybridized carbons (Fsp3) is 0.118. The summed E-state index contributed by atoms with van der Waals surface area (Å²) in [5.41, 5.74) is 1.58. The molecule has 100 valence electrons. The van der Waals surface area contributed by atoms with E-state index in [2.05, 4.69) is 0 Å². The van der Waals surface area contributed by atoms with Crippen LogP contribution in [0.5, 0.6) is 5.75 Å². The predicted molar refractivity (Wildman–Crippen MR) is 80.0 cm³/mol. The average Bonchev–Trinajstić information content (AvgIpc) is 2.50. The standard InChI is InChI=1S/C17H15NO2/c1-18-16-10-6-5-7-13(16)11-14(17(18)19)12-20-15-8-3-2-4-9-15/h2-11H,12H2,1H3. The van der Waals surface area contributed by atoms with Crippen LogP contribution >= 0.6 is 0 Å². The Morgan fingerprint density at radius 1 is 1.00 bits per heavy atom. The highest BCUT2D eigenvalue weighted by Gasteiger charge is 2.07. The molecule has 0 aliphatic heterocycles. The maximum absolute atomic E-state index is 12.3. The van der Waals surface area contributed by atoms with Crippen molar-refractivity contribution in [2.24, 2.45) is 7.05 Å². The first-order chi connectivity index (χ1) is 9.75. The molecular weight excluding hydrogens is 250 g/mol. The molecule has 2 aromatic carbocycles. The monoisotopic (exact) mass is 265 g/mol. The molecule has 0 aliphatic carbocycles. The minimum Gasteiger partial charge on any atom is -0.489 e. The highest BCUT2D eigenvalue weighted by Crippen LogP contribution is 2.14. The third kappa shape index (κ3) is 2.30. The van der Waals surface area contributed by atoms with Crippen LogP contribution in [-0.4, -0.2) is 4.57 Å². The van der Waals surface area contributed by atoms with E-state index in [0.717, 1.165) is 16.7 Å². The van der Waals surface area contributed by atoms with Crippen LogP contribution in [0.2, 0.25) is 0 Å². The summed E-state index contributed by atoms with van der Waals surface area (Å²) in [5, 5.41) is 1.04. The Morgan fingerprint density at radius 2 is 1.70 bits per heavy atom. The molecule has 0 N–H and O–H groups in total. The molecule has 3 rings (SSSR count). The SMILES string of the molecule is Cn1c(=O)c(COc2ccccc2)cc2ccccc21. The minimum absolute atomic E-state index is 0.0142. The van der Waals surface area contributed by atoms with E-state index in [1.165, 1.54) is 0 Å². The van der Waals surface area contributed by atoms with Crippen molar-refractivity contribution in [1.82, 2.24) is 4.57 Å². The van der Waals surface area contributed by atoms with Crippen molar-refractivity contribution in [3.8, 4) is 5.75 Å². The normalized spacial score (nSPS) is 10.7. The molecule has 3 aromatic rings. The van der Waals surface area contributed by atoms with Gasteiger partial charge in [0, 0.05) is 7.05 Å². The van der Waals surface area contributed by atoms with Crippen molar-refractivity contribution < 1.29 is 4.74 Å². The number of nitrogens with zero attached hydrogens (tertiary/aromatic N) is 1. The zero-order chi connectivity index (χ0) is 13.9. The van der Waals surface area contributed by atoms with E-state index in [0.29, 0.717) is 5.56 Å². The predicted octanol–water partition coefficient (Wildman–Crippen LogP) is 3.12. The van der Waals surface area contributed by atoms with E-state index >= 15 is 0 Å². The third-order valence-electron chi connectivity index (χ3n) is 3.34. The Balaban J connectivity index is 1.96. The van der Waals surface area contributed by atoms with Crippen LogP contribution < -0.4 is 10.3 Å². The molecule has 0 unspecified atom stereocenters. The van der Waals surface area contributed by atoms with Gasteiger partial charge in [0.1, 0.15) is 12.4 Å². The van der Waals surface area contributed by atoms with Gasteiger partial charge in [-0.3, -0.25) is 4.79 Å². The van der Waals surface area contributed by atoms with E-state index in [4.69, 9.17) is 4.74 Å². The molecule has 0 spiro atoms. The lowest BCUT2D eigenvalue weighted by atomic mass is 10.1. The van der Waals surface area contributed by atoms with Crippen LogP contribution in [0.3, 0.4) is 0 Å². The Bertz CT molecular complexity index is 791. The number of aromatic nitrogens is 1. The third-order valence-corrected chi connectivity index (χ3v) is 3.34. The van der Waals surface area contributed by atoms with Gasteiger partial charge in [-0.1, -0.05) is 36.4 Å². The van der Waals surface area contributed by atoms with Gasteiger partial charge in [0.15, 0.2) is 0 Å². The number of para-hydroxylation sites is 2. The highest BCUT2D eigenvalue weighted by atomic mass is 16.5. The summed E-state index contributed by atoms with van der Waals surface area (Å²) >= 11 is 0. The Labute approximate surface area is 117 Å². The summed E-state index contributed by atoms with van der Waals surface area (Å²) < 4.78 is 7.33. The van der Waals surface area contributed by atoms with Gasteiger partial charge in [-0.2, -0.15) is 0 Å². The van der Waals surface area contributed by atoms with Crippen LogP contribution in [-0.2, 0) is 13.7 Å². The molecule has 20 heavy (non-hydrogen) atoms. The van der Waals surface area contributed by atoms with Crippen LogP contribution in [0.15, 0.2) is 65.5 Å². The molecule has 0 atom stereocenters. The number of hydrogen-bond donors (Lipinski definition) is 0. The first-order valence-corrected chi connectivity index (χ1v) is 6.51. The summed E-state index contributed by atoms with van der Waals surface area (Å²) in [6.07, 6.45) is 0. The van der Waals surface area contributed by atoms with E-state index < -0.39 is 0 Å². The summed E-state index contributed by atoms with van der Waals surface area (Å²) in [5.74, 6) is 0.766. The van der Waals surface area contributed by atoms with Gasteiger partial charge in [0.05, 0.1) is 11.1 Å². The van der Waals surface area contributed by atoms with E-state index in [1.54, 1.807) is 11.6 Å². The van der Waals surface area contributed by atoms with Gasteiger partial charge < -0.3 is 9.30 Å². The van der Waals surface area contributed by atoms with E-state index in [-0.39, 0.29) is 12.2 Å². The number of rotatable bonds is 3. The molecular formula is C17H15NO2. The zero-order valence-electron chi connectivity index (χ0n) is 11.2. The fourth-order valence-corrected chi connectivity index (χ4v) is 2.27. The number of aryl methyl sites for hydroxylation is 1. The highest BCUT2D eigenvalue weighted by molar-refractivity contribution is 5.79. The summed E-state index contributed by atoms with van der Waals surface area (Å²) in [6, 6.07) is 19.3. The van der Waals surface area contributed by atoms with Crippen molar-refractivity contribution in [3.63, 3.8) is 0 Å². The van der Waals surface area contributed by atoms with E-state index in [1.807, 2.05) is 60.7 Å². The van der Waals surface area contributed by atoms with Crippen molar-refractivity contribution in [2.45, 2.75) is 6.61 Å². The van der Waals surface area contributed by atoms with Crippen molar-refractivity contribution in [2.75, 3.05) is 0 Å². The van der Waals surface area contributed by atoms with Gasteiger partial charge in [-0.05, 0) is 29.7 Å². The lowest BCUT2D eigenvalue weighted by Gasteiger charge is -2.10. The van der Waals surface area contributed by atoms with Gasteiger partial charge >= 0.3 is 0 Å². The lowest BCUT2D eigenvalue weighted by molar-refractivity contribution is 0.304. The second kappa shape index (κ2) is 5.21. The molecule has 0 saturated carbocycles. The minimum atomic E-state index is -0.0142. The van der Waals surface area contributed by atoms with Gasteiger partial charge in [-0.15, -0.1) is 0 Å². The number of hydrogen-bond acceptors (Lipinski definition) is 2. The van der Waals surface area contributed by atoms with Gasteiger partial charge in [0.25, 0.3) is 5.56 Å². The number of benzene rings is 2. The molecule has 0 bridgehead atoms. The maximum atomic E-state index is 12.3. The summed E-state index contributed by atoms with van der Waals surface area (Å²) in [4.78, 5) is 12.3. The maximum Gasteiger partial charge on any atom is 0.257 e. The van der Waals surface area contributed by atoms with Gasteiger partial charge in [-0.25, -0.2) is 0 Å². The van der Waals surface area contributed by atoms with Crippen molar-refractivity contribution >= 4 is 10.9 Å². The average molecular weight is 265 g/mol. The van der Waals surface area contributed by atoms with Crippen LogP contribution in [0, 0.1) is 0 Å². The van der Waals surface area contributed by atoms with Crippen LogP contribution in [0.1, 0.15) is 5.56 Å². The Morgan fingerprint density at radius 3 is 2.50 bits per heavy atom. The second-order valence-corrected chi connectivity index (χ2v) is 4.69. The first-order valence-electron chi connectivity index (χ1n) is 6.51. The Kier molecular flexibility index (Phi) is 3.25. The summed E-state index contributed by atoms with van der Waals surface area (Å²) in [7, 11) is 1.79. The van der Waals surface area contributed by atoms with Crippen molar-refractivity contribution in [3.05, 3.63) is 76.6 Å². The first kappa shape index (κ1) is 12.5. The number of pyridine rings is 1. The number of fused-ring (bicyclic) bond motifs is 1. The Hall–Kier alpha value is -2.55. The van der Waals surface area contributed by atoms with Crippen LogP contribution in [0.4, 0.5) is 0 Å². The van der Waals surface area contributed by atoms with Crippen molar-refractivity contribution in [1.29, 1.82) is 0 Å². The topological polar surface area (TPSA) is 31.2 Å². The lowest BCUT2D eigenvalue weighted by Crippen LogP contribution is -2.22. The molecule has 3 nitrogen and oxygen atoms in total. The number of ether oxygens (including phenoxy) is 1. The molecule has 0 amide bonds. The molecule has 3 heteroatoms. The zero-order valence-corrected chi connectivity index (χ0v) is 11.2. The molecule has 0 fully saturated rings. The molecule has 1 aromatic heterocycles. The fourth-order valence-electron chi connectivity index (χ4n) is 2.27. The summed E-state index contributed by atoms with van der Waals surface area (Å²) in [6.45, 7) is 0.279. The largest absolute Gasteiger partial charge is 0.489 e. The smallest absolute Gasteiger partial charge is 0.257 e. The quantitative estimate of drug-likeness (QED) is 0.728. The molecule has 0 aliphatic rings. The molecule has 1 heterocycles. The second-order valence-electron chi connectivity index (χ2n) is 4.69. The van der Waals surface area contributed by atoms with Crippen LogP contribution in [0.25, 0.3) is 10.9 Å². The molecule has 0 saturated heterocycles. The van der Waals surface area contributed by atoms with Gasteiger partial charge in [0.2, 0.25) is 0 Å².